The van der Waals surface area contributed by atoms with Crippen molar-refractivity contribution in [3.8, 4) is 5.75 Å². The minimum absolute atomic E-state index is 0.0222. The van der Waals surface area contributed by atoms with E-state index in [2.05, 4.69) is 5.32 Å². The number of carbonyl (C=O) groups is 1. The van der Waals surface area contributed by atoms with Crippen molar-refractivity contribution in [1.82, 2.24) is 5.32 Å². The predicted octanol–water partition coefficient (Wildman–Crippen LogP) is 3.51. The highest BCUT2D eigenvalue weighted by Crippen LogP contribution is 2.30. The minimum Gasteiger partial charge on any atom is -0.497 e. The van der Waals surface area contributed by atoms with Gasteiger partial charge in [-0.1, -0.05) is 6.07 Å². The molecule has 6 nitrogen and oxygen atoms in total. The van der Waals surface area contributed by atoms with Crippen LogP contribution in [0.15, 0.2) is 70.2 Å². The number of hydrogen-bond donors (Lipinski definition) is 1. The molecular formula is C20H17F2NO5S. The average molecular weight is 421 g/mol. The second-order valence-corrected chi connectivity index (χ2v) is 8.16. The van der Waals surface area contributed by atoms with Gasteiger partial charge in [0, 0.05) is 6.54 Å². The fourth-order valence-corrected chi connectivity index (χ4v) is 4.34. The molecule has 0 fully saturated rings. The van der Waals surface area contributed by atoms with E-state index in [1.54, 1.807) is 0 Å². The van der Waals surface area contributed by atoms with Crippen molar-refractivity contribution >= 4 is 15.7 Å². The second-order valence-electron chi connectivity index (χ2n) is 6.03. The molecule has 0 radical (unpaired) electrons. The number of hydrogen-bond acceptors (Lipinski definition) is 5. The maximum atomic E-state index is 13.8. The molecule has 1 N–H and O–H groups in total. The molecule has 29 heavy (non-hydrogen) atoms. The van der Waals surface area contributed by atoms with Crippen molar-refractivity contribution in [3.63, 3.8) is 0 Å². The number of halogens is 2. The lowest BCUT2D eigenvalue weighted by Crippen LogP contribution is -2.32. The number of benzene rings is 2. The molecule has 0 aliphatic rings. The number of sulfone groups is 1. The van der Waals surface area contributed by atoms with Gasteiger partial charge >= 0.3 is 0 Å². The van der Waals surface area contributed by atoms with Crippen molar-refractivity contribution in [2.75, 3.05) is 13.7 Å². The van der Waals surface area contributed by atoms with Crippen LogP contribution >= 0.6 is 0 Å². The van der Waals surface area contributed by atoms with Crippen LogP contribution in [0.2, 0.25) is 0 Å². The number of rotatable bonds is 7. The highest BCUT2D eigenvalue weighted by molar-refractivity contribution is 7.91. The van der Waals surface area contributed by atoms with Crippen LogP contribution in [0.4, 0.5) is 8.78 Å². The molecule has 9 heteroatoms. The Balaban J connectivity index is 1.89. The van der Waals surface area contributed by atoms with Crippen LogP contribution in [0.25, 0.3) is 0 Å². The van der Waals surface area contributed by atoms with Gasteiger partial charge in [0.15, 0.2) is 9.84 Å². The summed E-state index contributed by atoms with van der Waals surface area (Å²) in [4.78, 5) is 12.3. The fraction of sp³-hybridized carbons (Fsp3) is 0.150. The molecule has 0 spiro atoms. The van der Waals surface area contributed by atoms with Crippen LogP contribution in [0, 0.1) is 11.6 Å². The lowest BCUT2D eigenvalue weighted by atomic mass is 10.2. The molecule has 0 bridgehead atoms. The largest absolute Gasteiger partial charge is 0.497 e. The second kappa shape index (κ2) is 8.44. The predicted molar refractivity (Wildman–Crippen MR) is 100 cm³/mol. The highest BCUT2D eigenvalue weighted by Gasteiger charge is 2.32. The maximum absolute atomic E-state index is 13.8. The number of furan rings is 1. The van der Waals surface area contributed by atoms with Crippen LogP contribution in [0.3, 0.4) is 0 Å². The van der Waals surface area contributed by atoms with Crippen LogP contribution in [0.5, 0.6) is 5.75 Å². The third-order valence-corrected chi connectivity index (χ3v) is 6.34. The van der Waals surface area contributed by atoms with Crippen molar-refractivity contribution < 1.29 is 31.1 Å². The summed E-state index contributed by atoms with van der Waals surface area (Å²) in [6.07, 6.45) is 1.30. The van der Waals surface area contributed by atoms with Gasteiger partial charge in [0.1, 0.15) is 34.0 Å². The normalized spacial score (nSPS) is 12.4. The number of carbonyl (C=O) groups excluding carboxylic acids is 1. The summed E-state index contributed by atoms with van der Waals surface area (Å²) in [5, 5.41) is 0.983. The molecule has 2 aromatic carbocycles. The molecule has 1 aromatic heterocycles. The van der Waals surface area contributed by atoms with E-state index in [9.17, 15) is 22.0 Å². The zero-order valence-corrected chi connectivity index (χ0v) is 16.1. The van der Waals surface area contributed by atoms with Crippen LogP contribution in [0.1, 0.15) is 21.4 Å². The first-order valence-corrected chi connectivity index (χ1v) is 10.0. The number of nitrogens with one attached hydrogen (secondary N) is 1. The van der Waals surface area contributed by atoms with E-state index in [0.717, 1.165) is 18.2 Å². The van der Waals surface area contributed by atoms with Crippen LogP contribution in [-0.4, -0.2) is 28.0 Å². The first kappa shape index (κ1) is 20.5. The summed E-state index contributed by atoms with van der Waals surface area (Å²) in [5.74, 6) is -2.61. The van der Waals surface area contributed by atoms with Gasteiger partial charge < -0.3 is 14.5 Å². The summed E-state index contributed by atoms with van der Waals surface area (Å²) in [6.45, 7) is -0.450. The van der Waals surface area contributed by atoms with Gasteiger partial charge in [-0.3, -0.25) is 4.79 Å². The Morgan fingerprint density at radius 1 is 1.07 bits per heavy atom. The SMILES string of the molecule is COc1ccc(S(=O)(=O)[C@@H](CNC(=O)c2c(F)cccc2F)c2ccco2)cc1. The highest BCUT2D eigenvalue weighted by atomic mass is 32.2. The maximum Gasteiger partial charge on any atom is 0.257 e. The Labute approximate surface area is 166 Å². The summed E-state index contributed by atoms with van der Waals surface area (Å²) in [6, 6.07) is 11.7. The van der Waals surface area contributed by atoms with Gasteiger partial charge in [-0.15, -0.1) is 0 Å². The van der Waals surface area contributed by atoms with Crippen molar-refractivity contribution in [2.45, 2.75) is 10.1 Å². The third-order valence-electron chi connectivity index (χ3n) is 4.26. The van der Waals surface area contributed by atoms with Gasteiger partial charge in [0.2, 0.25) is 0 Å². The molecule has 0 saturated heterocycles. The average Bonchev–Trinajstić information content (AvgIpc) is 3.22. The molecule has 0 aliphatic heterocycles. The van der Waals surface area contributed by atoms with Gasteiger partial charge in [0.05, 0.1) is 18.3 Å². The van der Waals surface area contributed by atoms with E-state index in [-0.39, 0.29) is 10.7 Å². The smallest absolute Gasteiger partial charge is 0.257 e. The molecular weight excluding hydrogens is 404 g/mol. The Bertz CT molecular complexity index is 1080. The Kier molecular flexibility index (Phi) is 5.97. The summed E-state index contributed by atoms with van der Waals surface area (Å²) in [5.41, 5.74) is -0.785. The third kappa shape index (κ3) is 4.29. The summed E-state index contributed by atoms with van der Waals surface area (Å²) < 4.78 is 64.1. The van der Waals surface area contributed by atoms with Crippen molar-refractivity contribution in [3.05, 3.63) is 83.8 Å². The van der Waals surface area contributed by atoms with Gasteiger partial charge in [-0.05, 0) is 48.5 Å². The Morgan fingerprint density at radius 2 is 1.72 bits per heavy atom. The molecule has 3 aromatic rings. The van der Waals surface area contributed by atoms with Gasteiger partial charge in [-0.2, -0.15) is 0 Å². The minimum atomic E-state index is -4.00. The van der Waals surface area contributed by atoms with E-state index < -0.39 is 44.7 Å². The van der Waals surface area contributed by atoms with Crippen LogP contribution in [-0.2, 0) is 9.84 Å². The first-order chi connectivity index (χ1) is 13.8. The molecule has 1 atom stereocenters. The zero-order chi connectivity index (χ0) is 21.0. The Hall–Kier alpha value is -3.20. The summed E-state index contributed by atoms with van der Waals surface area (Å²) >= 11 is 0. The molecule has 3 rings (SSSR count). The van der Waals surface area contributed by atoms with Crippen molar-refractivity contribution in [1.29, 1.82) is 0 Å². The lowest BCUT2D eigenvalue weighted by Gasteiger charge is -2.17. The van der Waals surface area contributed by atoms with E-state index in [1.807, 2.05) is 0 Å². The molecule has 0 saturated carbocycles. The van der Waals surface area contributed by atoms with Gasteiger partial charge in [-0.25, -0.2) is 17.2 Å². The number of methoxy groups -OCH3 is 1. The van der Waals surface area contributed by atoms with Gasteiger partial charge in [0.25, 0.3) is 5.91 Å². The number of ether oxygens (including phenoxy) is 1. The van der Waals surface area contributed by atoms with E-state index >= 15 is 0 Å². The van der Waals surface area contributed by atoms with E-state index in [4.69, 9.17) is 9.15 Å². The summed E-state index contributed by atoms with van der Waals surface area (Å²) in [7, 11) is -2.55. The first-order valence-electron chi connectivity index (χ1n) is 8.48. The monoisotopic (exact) mass is 421 g/mol. The molecule has 0 unspecified atom stereocenters. The molecule has 0 aliphatic carbocycles. The van der Waals surface area contributed by atoms with E-state index in [0.29, 0.717) is 5.75 Å². The molecule has 152 valence electrons. The topological polar surface area (TPSA) is 85.6 Å². The molecule has 1 heterocycles. The quantitative estimate of drug-likeness (QED) is 0.631. The van der Waals surface area contributed by atoms with Crippen LogP contribution < -0.4 is 10.1 Å². The zero-order valence-electron chi connectivity index (χ0n) is 15.3. The standard InChI is InChI=1S/C20H17F2NO5S/c1-27-13-7-9-14(10-8-13)29(25,26)18(17-6-3-11-28-17)12-23-20(24)19-15(21)4-2-5-16(19)22/h2-11,18H,12H2,1H3,(H,23,24)/t18-/m0/s1. The number of amides is 1. The van der Waals surface area contributed by atoms with E-state index in [1.165, 1.54) is 49.8 Å². The lowest BCUT2D eigenvalue weighted by molar-refractivity contribution is 0.0944. The van der Waals surface area contributed by atoms with Crippen molar-refractivity contribution in [2.24, 2.45) is 0 Å². The Morgan fingerprint density at radius 3 is 2.28 bits per heavy atom. The fourth-order valence-electron chi connectivity index (χ4n) is 2.76. The molecule has 1 amide bonds.